The van der Waals surface area contributed by atoms with E-state index in [1.54, 1.807) is 18.5 Å². The Morgan fingerprint density at radius 1 is 1.17 bits per heavy atom. The van der Waals surface area contributed by atoms with Gasteiger partial charge in [0.15, 0.2) is 5.75 Å². The highest BCUT2D eigenvalue weighted by Crippen LogP contribution is 2.12. The zero-order chi connectivity index (χ0) is 16.9. The monoisotopic (exact) mass is 328 g/mol. The lowest BCUT2D eigenvalue weighted by Gasteiger charge is -2.34. The predicted molar refractivity (Wildman–Crippen MR) is 93.1 cm³/mol. The maximum atomic E-state index is 11.9. The van der Waals surface area contributed by atoms with Gasteiger partial charge in [-0.25, -0.2) is 0 Å². The molecule has 0 amide bonds. The van der Waals surface area contributed by atoms with Crippen molar-refractivity contribution >= 4 is 0 Å². The Kier molecular flexibility index (Phi) is 5.27. The second-order valence-electron chi connectivity index (χ2n) is 6.21. The molecule has 2 aromatic heterocycles. The van der Waals surface area contributed by atoms with Crippen LogP contribution in [0.5, 0.6) is 5.75 Å². The van der Waals surface area contributed by atoms with Crippen molar-refractivity contribution in [2.45, 2.75) is 20.0 Å². The Hall–Kier alpha value is -2.18. The van der Waals surface area contributed by atoms with Crippen molar-refractivity contribution in [1.29, 1.82) is 0 Å². The third-order valence-electron chi connectivity index (χ3n) is 4.57. The summed E-state index contributed by atoms with van der Waals surface area (Å²) in [6.07, 6.45) is 5.08. The lowest BCUT2D eigenvalue weighted by Crippen LogP contribution is -2.46. The van der Waals surface area contributed by atoms with Crippen molar-refractivity contribution in [2.75, 3.05) is 32.7 Å². The Labute approximate surface area is 142 Å². The molecule has 0 aromatic carbocycles. The van der Waals surface area contributed by atoms with Gasteiger partial charge in [0.2, 0.25) is 5.43 Å². The maximum Gasteiger partial charge on any atom is 0.223 e. The summed E-state index contributed by atoms with van der Waals surface area (Å²) in [4.78, 5) is 20.8. The van der Waals surface area contributed by atoms with E-state index in [4.69, 9.17) is 0 Å². The fourth-order valence-corrected chi connectivity index (χ4v) is 3.07. The molecule has 0 bridgehead atoms. The average Bonchev–Trinajstić information content (AvgIpc) is 2.61. The van der Waals surface area contributed by atoms with E-state index < -0.39 is 0 Å². The summed E-state index contributed by atoms with van der Waals surface area (Å²) < 4.78 is 1.94. The minimum Gasteiger partial charge on any atom is -0.503 e. The standard InChI is InChI=1S/C18H24N4O2/c1-2-20-6-8-21(9-7-20)13-16-10-17(23)18(24)14-22(16)12-15-4-3-5-19-11-15/h3-5,10-11,14,24H,2,6-9,12-13H2,1H3. The van der Waals surface area contributed by atoms with Crippen molar-refractivity contribution in [3.05, 3.63) is 58.3 Å². The zero-order valence-corrected chi connectivity index (χ0v) is 14.1. The molecule has 0 spiro atoms. The van der Waals surface area contributed by atoms with Crippen LogP contribution in [0.1, 0.15) is 18.2 Å². The predicted octanol–water partition coefficient (Wildman–Crippen LogP) is 1.13. The summed E-state index contributed by atoms with van der Waals surface area (Å²) in [5.41, 5.74) is 1.64. The molecule has 6 nitrogen and oxygen atoms in total. The highest BCUT2D eigenvalue weighted by atomic mass is 16.3. The minimum atomic E-state index is -0.320. The SMILES string of the molecule is CCN1CCN(Cc2cc(=O)c(O)cn2Cc2cccnc2)CC1. The molecule has 1 aliphatic rings. The fraction of sp³-hybridized carbons (Fsp3) is 0.444. The average molecular weight is 328 g/mol. The van der Waals surface area contributed by atoms with Crippen molar-refractivity contribution in [1.82, 2.24) is 19.4 Å². The number of aromatic hydroxyl groups is 1. The van der Waals surface area contributed by atoms with E-state index in [1.165, 1.54) is 6.20 Å². The number of likely N-dealkylation sites (N-methyl/N-ethyl adjacent to an activating group) is 1. The molecule has 24 heavy (non-hydrogen) atoms. The van der Waals surface area contributed by atoms with Gasteiger partial charge in [0, 0.05) is 63.4 Å². The topological polar surface area (TPSA) is 61.6 Å². The first-order valence-corrected chi connectivity index (χ1v) is 8.41. The summed E-state index contributed by atoms with van der Waals surface area (Å²) in [7, 11) is 0. The van der Waals surface area contributed by atoms with Crippen LogP contribution in [-0.2, 0) is 13.1 Å². The van der Waals surface area contributed by atoms with E-state index in [2.05, 4.69) is 21.7 Å². The van der Waals surface area contributed by atoms with Crippen molar-refractivity contribution in [3.8, 4) is 5.75 Å². The summed E-state index contributed by atoms with van der Waals surface area (Å²) in [6.45, 7) is 8.67. The van der Waals surface area contributed by atoms with Gasteiger partial charge in [0.05, 0.1) is 6.20 Å². The molecule has 1 fully saturated rings. The number of hydrogen-bond acceptors (Lipinski definition) is 5. The van der Waals surface area contributed by atoms with Crippen LogP contribution >= 0.6 is 0 Å². The van der Waals surface area contributed by atoms with Gasteiger partial charge in [0.25, 0.3) is 0 Å². The smallest absolute Gasteiger partial charge is 0.223 e. The lowest BCUT2D eigenvalue weighted by atomic mass is 10.2. The number of rotatable bonds is 5. The first-order valence-electron chi connectivity index (χ1n) is 8.41. The number of pyridine rings is 2. The molecule has 128 valence electrons. The first-order chi connectivity index (χ1) is 11.7. The molecule has 1 N–H and O–H groups in total. The van der Waals surface area contributed by atoms with Crippen LogP contribution in [0, 0.1) is 0 Å². The molecule has 0 atom stereocenters. The van der Waals surface area contributed by atoms with Crippen LogP contribution in [0.3, 0.4) is 0 Å². The summed E-state index contributed by atoms with van der Waals surface area (Å²) in [6, 6.07) is 5.44. The molecule has 0 aliphatic carbocycles. The normalized spacial score (nSPS) is 16.4. The Balaban J connectivity index is 1.79. The minimum absolute atomic E-state index is 0.210. The van der Waals surface area contributed by atoms with Crippen LogP contribution in [0.15, 0.2) is 41.6 Å². The van der Waals surface area contributed by atoms with Crippen LogP contribution in [0.4, 0.5) is 0 Å². The molecule has 1 saturated heterocycles. The number of nitrogens with zero attached hydrogens (tertiary/aromatic N) is 4. The molecule has 3 rings (SSSR count). The highest BCUT2D eigenvalue weighted by molar-refractivity contribution is 5.22. The van der Waals surface area contributed by atoms with Gasteiger partial charge in [-0.3, -0.25) is 14.7 Å². The van der Waals surface area contributed by atoms with Crippen LogP contribution < -0.4 is 5.43 Å². The second kappa shape index (κ2) is 7.59. The summed E-state index contributed by atoms with van der Waals surface area (Å²) in [5, 5.41) is 9.81. The van der Waals surface area contributed by atoms with E-state index in [-0.39, 0.29) is 11.2 Å². The van der Waals surface area contributed by atoms with E-state index in [0.29, 0.717) is 13.1 Å². The van der Waals surface area contributed by atoms with Gasteiger partial charge >= 0.3 is 0 Å². The second-order valence-corrected chi connectivity index (χ2v) is 6.21. The van der Waals surface area contributed by atoms with Gasteiger partial charge < -0.3 is 14.6 Å². The molecule has 0 saturated carbocycles. The largest absolute Gasteiger partial charge is 0.503 e. The molecule has 6 heteroatoms. The molecule has 1 aliphatic heterocycles. The lowest BCUT2D eigenvalue weighted by molar-refractivity contribution is 0.129. The molecular weight excluding hydrogens is 304 g/mol. The summed E-state index contributed by atoms with van der Waals surface area (Å²) in [5.74, 6) is -0.210. The van der Waals surface area contributed by atoms with Gasteiger partial charge in [-0.1, -0.05) is 13.0 Å². The quantitative estimate of drug-likeness (QED) is 0.892. The van der Waals surface area contributed by atoms with Gasteiger partial charge in [0.1, 0.15) is 0 Å². The molecule has 0 radical (unpaired) electrons. The molecule has 0 unspecified atom stereocenters. The van der Waals surface area contributed by atoms with Gasteiger partial charge in [-0.2, -0.15) is 0 Å². The van der Waals surface area contributed by atoms with E-state index in [1.807, 2.05) is 16.7 Å². The van der Waals surface area contributed by atoms with Crippen molar-refractivity contribution in [3.63, 3.8) is 0 Å². The van der Waals surface area contributed by atoms with Crippen LogP contribution in [0.2, 0.25) is 0 Å². The Bertz CT molecular complexity index is 722. The van der Waals surface area contributed by atoms with Gasteiger partial charge in [-0.05, 0) is 18.2 Å². The Morgan fingerprint density at radius 3 is 2.58 bits per heavy atom. The number of hydrogen-bond donors (Lipinski definition) is 1. The number of piperazine rings is 1. The first kappa shape index (κ1) is 16.7. The van der Waals surface area contributed by atoms with Crippen LogP contribution in [0.25, 0.3) is 0 Å². The van der Waals surface area contributed by atoms with Crippen LogP contribution in [-0.4, -0.2) is 57.2 Å². The van der Waals surface area contributed by atoms with Crippen molar-refractivity contribution in [2.24, 2.45) is 0 Å². The fourth-order valence-electron chi connectivity index (χ4n) is 3.07. The zero-order valence-electron chi connectivity index (χ0n) is 14.1. The molecular formula is C18H24N4O2. The number of aromatic nitrogens is 2. The summed E-state index contributed by atoms with van der Waals surface area (Å²) >= 11 is 0. The third-order valence-corrected chi connectivity index (χ3v) is 4.57. The Morgan fingerprint density at radius 2 is 1.92 bits per heavy atom. The van der Waals surface area contributed by atoms with Gasteiger partial charge in [-0.15, -0.1) is 0 Å². The van der Waals surface area contributed by atoms with Crippen molar-refractivity contribution < 1.29 is 5.11 Å². The molecule has 3 heterocycles. The highest BCUT2D eigenvalue weighted by Gasteiger charge is 2.17. The van der Waals surface area contributed by atoms with E-state index in [0.717, 1.165) is 44.0 Å². The van der Waals surface area contributed by atoms with E-state index >= 15 is 0 Å². The van der Waals surface area contributed by atoms with E-state index in [9.17, 15) is 9.90 Å². The third kappa shape index (κ3) is 4.01. The molecule has 2 aromatic rings. The maximum absolute atomic E-state index is 11.9.